The Morgan fingerprint density at radius 2 is 1.89 bits per heavy atom. The van der Waals surface area contributed by atoms with E-state index in [4.69, 9.17) is 14.1 Å². The van der Waals surface area contributed by atoms with Crippen LogP contribution in [0.3, 0.4) is 0 Å². The van der Waals surface area contributed by atoms with Crippen molar-refractivity contribution in [3.63, 3.8) is 0 Å². The molecule has 0 aliphatic carbocycles. The van der Waals surface area contributed by atoms with E-state index in [-0.39, 0.29) is 23.1 Å². The van der Waals surface area contributed by atoms with Crippen LogP contribution in [0.15, 0.2) is 18.2 Å². The maximum Gasteiger partial charge on any atom is 0.547 e. The van der Waals surface area contributed by atoms with Gasteiger partial charge in [0.15, 0.2) is 0 Å². The fraction of sp³-hybridized carbons (Fsp3) is 0.526. The summed E-state index contributed by atoms with van der Waals surface area (Å²) in [7, 11) is -1.29. The molecule has 1 aromatic rings. The Kier molecular flexibility index (Phi) is 7.07. The normalized spacial score (nSPS) is 17.8. The first-order valence-corrected chi connectivity index (χ1v) is 9.22. The molecule has 1 amide bonds. The van der Waals surface area contributed by atoms with Gasteiger partial charge in [0.05, 0.1) is 5.94 Å². The smallest absolute Gasteiger partial charge is 0.534 e. The Bertz CT molecular complexity index is 752. The highest BCUT2D eigenvalue weighted by molar-refractivity contribution is 6.47. The summed E-state index contributed by atoms with van der Waals surface area (Å²) in [5, 5.41) is 12.8. The molecule has 0 aromatic heterocycles. The molecule has 1 heterocycles. The number of ether oxygens (including phenoxy) is 2. The van der Waals surface area contributed by atoms with Crippen molar-refractivity contribution in [2.75, 3.05) is 0 Å². The number of para-hydroxylation sites is 1. The summed E-state index contributed by atoms with van der Waals surface area (Å²) in [6, 6.07) is 4.98. The quantitative estimate of drug-likeness (QED) is 0.555. The minimum atomic E-state index is -1.29. The second kappa shape index (κ2) is 9.10. The molecular weight excluding hydrogens is 365 g/mol. The van der Waals surface area contributed by atoms with Crippen LogP contribution in [0.25, 0.3) is 0 Å². The zero-order chi connectivity index (χ0) is 21.0. The van der Waals surface area contributed by atoms with Gasteiger partial charge < -0.3 is 24.5 Å². The summed E-state index contributed by atoms with van der Waals surface area (Å²) >= 11 is 0. The monoisotopic (exact) mass is 391 g/mol. The highest BCUT2D eigenvalue weighted by atomic mass is 16.6. The number of hydrogen-bond donors (Lipinski definition) is 2. The zero-order valence-electron chi connectivity index (χ0n) is 16.7. The molecule has 1 aliphatic heterocycles. The summed E-state index contributed by atoms with van der Waals surface area (Å²) in [5.41, 5.74) is 0.839. The molecule has 28 heavy (non-hydrogen) atoms. The van der Waals surface area contributed by atoms with Gasteiger partial charge in [-0.05, 0) is 30.9 Å². The molecule has 1 aliphatic rings. The predicted molar refractivity (Wildman–Crippen MR) is 102 cm³/mol. The summed E-state index contributed by atoms with van der Waals surface area (Å²) in [5.74, 6) is -1.85. The molecule has 0 bridgehead atoms. The Morgan fingerprint density at radius 3 is 2.46 bits per heavy atom. The number of amides is 1. The lowest BCUT2D eigenvalue weighted by Crippen LogP contribution is -2.52. The van der Waals surface area contributed by atoms with Crippen LogP contribution in [0.4, 0.5) is 0 Å². The number of fused-ring (bicyclic) bond motifs is 1. The molecule has 0 spiro atoms. The van der Waals surface area contributed by atoms with Crippen LogP contribution in [0.2, 0.25) is 0 Å². The van der Waals surface area contributed by atoms with Crippen LogP contribution in [0.5, 0.6) is 5.75 Å². The molecule has 0 radical (unpaired) electrons. The standard InChI is InChI=1S/C19H26BNO7/c1-10(2)17(11(3)26-13(5)23)27-19(24)15-8-6-7-14-9-16(21-12(4)22)20(25)28-18(14)15/h6-8,10-11,16-17,25H,9H2,1-5H3,(H,21,22). The van der Waals surface area contributed by atoms with E-state index in [1.54, 1.807) is 25.1 Å². The molecule has 0 fully saturated rings. The van der Waals surface area contributed by atoms with E-state index in [1.165, 1.54) is 13.8 Å². The van der Waals surface area contributed by atoms with Gasteiger partial charge in [-0.1, -0.05) is 26.0 Å². The van der Waals surface area contributed by atoms with E-state index < -0.39 is 37.2 Å². The van der Waals surface area contributed by atoms with Crippen molar-refractivity contribution in [3.05, 3.63) is 29.3 Å². The van der Waals surface area contributed by atoms with Crippen LogP contribution in [0.1, 0.15) is 50.5 Å². The maximum absolute atomic E-state index is 12.8. The van der Waals surface area contributed by atoms with Crippen molar-refractivity contribution in [2.45, 2.75) is 59.2 Å². The first-order valence-electron chi connectivity index (χ1n) is 9.22. The second-order valence-corrected chi connectivity index (χ2v) is 7.24. The largest absolute Gasteiger partial charge is 0.547 e. The highest BCUT2D eigenvalue weighted by Crippen LogP contribution is 2.31. The van der Waals surface area contributed by atoms with E-state index in [0.29, 0.717) is 12.0 Å². The van der Waals surface area contributed by atoms with Gasteiger partial charge in [0, 0.05) is 13.8 Å². The number of hydrogen-bond acceptors (Lipinski definition) is 7. The van der Waals surface area contributed by atoms with Gasteiger partial charge in [-0.2, -0.15) is 0 Å². The third-order valence-electron chi connectivity index (χ3n) is 4.44. The van der Waals surface area contributed by atoms with Gasteiger partial charge in [-0.3, -0.25) is 9.59 Å². The Hall–Kier alpha value is -2.55. The molecule has 152 valence electrons. The Balaban J connectivity index is 2.23. The minimum Gasteiger partial charge on any atom is -0.534 e. The second-order valence-electron chi connectivity index (χ2n) is 7.24. The fourth-order valence-electron chi connectivity index (χ4n) is 3.26. The van der Waals surface area contributed by atoms with Gasteiger partial charge in [-0.25, -0.2) is 4.79 Å². The average molecular weight is 391 g/mol. The summed E-state index contributed by atoms with van der Waals surface area (Å²) in [6.07, 6.45) is -0.946. The molecular formula is C19H26BNO7. The van der Waals surface area contributed by atoms with Crippen molar-refractivity contribution in [2.24, 2.45) is 5.92 Å². The lowest BCUT2D eigenvalue weighted by atomic mass is 9.72. The van der Waals surface area contributed by atoms with Crippen molar-refractivity contribution in [1.82, 2.24) is 5.32 Å². The van der Waals surface area contributed by atoms with Crippen LogP contribution >= 0.6 is 0 Å². The van der Waals surface area contributed by atoms with Gasteiger partial charge in [-0.15, -0.1) is 0 Å². The third-order valence-corrected chi connectivity index (χ3v) is 4.44. The predicted octanol–water partition coefficient (Wildman–Crippen LogP) is 1.28. The lowest BCUT2D eigenvalue weighted by Gasteiger charge is -2.30. The highest BCUT2D eigenvalue weighted by Gasteiger charge is 2.38. The third kappa shape index (κ3) is 5.25. The van der Waals surface area contributed by atoms with E-state index in [1.807, 2.05) is 13.8 Å². The molecule has 0 saturated carbocycles. The summed E-state index contributed by atoms with van der Waals surface area (Å²) in [6.45, 7) is 8.03. The van der Waals surface area contributed by atoms with E-state index >= 15 is 0 Å². The number of carbonyl (C=O) groups is 3. The molecule has 0 saturated heterocycles. The molecule has 9 heteroatoms. The number of nitrogens with one attached hydrogen (secondary N) is 1. The van der Waals surface area contributed by atoms with E-state index in [9.17, 15) is 19.4 Å². The molecule has 8 nitrogen and oxygen atoms in total. The van der Waals surface area contributed by atoms with E-state index in [0.717, 1.165) is 0 Å². The van der Waals surface area contributed by atoms with Crippen molar-refractivity contribution in [1.29, 1.82) is 0 Å². The average Bonchev–Trinajstić information content (AvgIpc) is 2.58. The summed E-state index contributed by atoms with van der Waals surface area (Å²) < 4.78 is 16.3. The fourth-order valence-corrected chi connectivity index (χ4v) is 3.26. The summed E-state index contributed by atoms with van der Waals surface area (Å²) in [4.78, 5) is 35.3. The van der Waals surface area contributed by atoms with Crippen LogP contribution in [-0.2, 0) is 25.5 Å². The van der Waals surface area contributed by atoms with E-state index in [2.05, 4.69) is 5.32 Å². The van der Waals surface area contributed by atoms with Crippen molar-refractivity contribution in [3.8, 4) is 5.75 Å². The lowest BCUT2D eigenvalue weighted by molar-refractivity contribution is -0.152. The molecule has 1 aromatic carbocycles. The number of rotatable bonds is 6. The number of esters is 2. The van der Waals surface area contributed by atoms with Crippen LogP contribution in [0, 0.1) is 5.92 Å². The zero-order valence-corrected chi connectivity index (χ0v) is 16.7. The van der Waals surface area contributed by atoms with Crippen molar-refractivity contribution >= 4 is 25.0 Å². The molecule has 3 atom stereocenters. The van der Waals surface area contributed by atoms with Gasteiger partial charge in [0.1, 0.15) is 23.5 Å². The number of carbonyl (C=O) groups excluding carboxylic acids is 3. The minimum absolute atomic E-state index is 0.0894. The van der Waals surface area contributed by atoms with Crippen LogP contribution in [-0.4, -0.2) is 48.1 Å². The maximum atomic E-state index is 12.8. The molecule has 3 unspecified atom stereocenters. The SMILES string of the molecule is CC(=O)NC1Cc2cccc(C(=O)OC(C(C)C)C(C)OC(C)=O)c2OB1O. The number of benzene rings is 1. The molecule has 2 N–H and O–H groups in total. The topological polar surface area (TPSA) is 111 Å². The van der Waals surface area contributed by atoms with Gasteiger partial charge in [0.2, 0.25) is 5.91 Å². The first kappa shape index (κ1) is 21.8. The van der Waals surface area contributed by atoms with Crippen molar-refractivity contribution < 1.29 is 33.5 Å². The first-order chi connectivity index (χ1) is 13.1. The molecule has 2 rings (SSSR count). The van der Waals surface area contributed by atoms with Gasteiger partial charge >= 0.3 is 19.1 Å². The Labute approximate surface area is 164 Å². The Morgan fingerprint density at radius 1 is 1.21 bits per heavy atom. The van der Waals surface area contributed by atoms with Gasteiger partial charge in [0.25, 0.3) is 0 Å². The van der Waals surface area contributed by atoms with Crippen LogP contribution < -0.4 is 9.97 Å².